The summed E-state index contributed by atoms with van der Waals surface area (Å²) in [6, 6.07) is 11.8. The molecule has 2 fully saturated rings. The average molecular weight is 376 g/mol. The molecule has 0 unspecified atom stereocenters. The van der Waals surface area contributed by atoms with Crippen LogP contribution in [0.4, 0.5) is 0 Å². The summed E-state index contributed by atoms with van der Waals surface area (Å²) in [6.45, 7) is 0.537. The Labute approximate surface area is 163 Å². The van der Waals surface area contributed by atoms with Gasteiger partial charge >= 0.3 is 0 Å². The van der Waals surface area contributed by atoms with Crippen LogP contribution in [0.2, 0.25) is 0 Å². The highest BCUT2D eigenvalue weighted by Crippen LogP contribution is 2.47. The number of amides is 1. The predicted molar refractivity (Wildman–Crippen MR) is 105 cm³/mol. The second kappa shape index (κ2) is 6.71. The van der Waals surface area contributed by atoms with Crippen molar-refractivity contribution in [2.45, 2.75) is 43.7 Å². The molecule has 2 aromatic heterocycles. The average Bonchev–Trinajstić information content (AvgIpc) is 3.19. The fourth-order valence-corrected chi connectivity index (χ4v) is 5.15. The van der Waals surface area contributed by atoms with Crippen LogP contribution in [0.1, 0.15) is 48.0 Å². The first-order valence-electron chi connectivity index (χ1n) is 10.1. The summed E-state index contributed by atoms with van der Waals surface area (Å²) in [7, 11) is 0. The molecule has 144 valence electrons. The largest absolute Gasteiger partial charge is 0.385 e. The normalized spacial score (nSPS) is 27.5. The van der Waals surface area contributed by atoms with Crippen LogP contribution in [0.3, 0.4) is 0 Å². The molecule has 1 aliphatic heterocycles. The second-order valence-corrected chi connectivity index (χ2v) is 7.94. The van der Waals surface area contributed by atoms with Gasteiger partial charge in [-0.15, -0.1) is 0 Å². The highest BCUT2D eigenvalue weighted by Gasteiger charge is 2.50. The van der Waals surface area contributed by atoms with Crippen molar-refractivity contribution in [3.63, 3.8) is 0 Å². The predicted octanol–water partition coefficient (Wildman–Crippen LogP) is 3.02. The summed E-state index contributed by atoms with van der Waals surface area (Å²) in [4.78, 5) is 19.7. The molecular formula is C22H24N4O2. The van der Waals surface area contributed by atoms with Gasteiger partial charge in [0, 0.05) is 30.9 Å². The van der Waals surface area contributed by atoms with Crippen LogP contribution in [-0.4, -0.2) is 43.1 Å². The van der Waals surface area contributed by atoms with Gasteiger partial charge in [0.1, 0.15) is 5.56 Å². The van der Waals surface area contributed by atoms with Crippen LogP contribution < -0.4 is 0 Å². The number of rotatable bonds is 2. The molecule has 28 heavy (non-hydrogen) atoms. The van der Waals surface area contributed by atoms with Crippen LogP contribution in [0.25, 0.3) is 5.65 Å². The second-order valence-electron chi connectivity index (χ2n) is 7.94. The standard InChI is InChI=1S/C22H24N4O2/c27-21(17-15-24-26-13-6-12-23-20(17)26)25-14-11-22(28,16-7-2-1-3-8-16)18-9-4-5-10-19(18)25/h1-3,6-8,12-13,15,18-19,28H,4-5,9-11,14H2/t18-,19+,22-/m0/s1. The Morgan fingerprint density at radius 1 is 1.14 bits per heavy atom. The van der Waals surface area contributed by atoms with E-state index in [1.165, 1.54) is 0 Å². The third-order valence-corrected chi connectivity index (χ3v) is 6.52. The van der Waals surface area contributed by atoms with Gasteiger partial charge in [-0.05, 0) is 30.9 Å². The van der Waals surface area contributed by atoms with Crippen molar-refractivity contribution in [2.75, 3.05) is 6.54 Å². The van der Waals surface area contributed by atoms with Gasteiger partial charge in [-0.1, -0.05) is 43.2 Å². The van der Waals surface area contributed by atoms with Crippen molar-refractivity contribution < 1.29 is 9.90 Å². The quantitative estimate of drug-likeness (QED) is 0.746. The van der Waals surface area contributed by atoms with Crippen molar-refractivity contribution >= 4 is 11.6 Å². The van der Waals surface area contributed by atoms with Crippen molar-refractivity contribution in [1.29, 1.82) is 0 Å². The Bertz CT molecular complexity index is 1000. The van der Waals surface area contributed by atoms with Gasteiger partial charge in [0.15, 0.2) is 5.65 Å². The molecule has 3 atom stereocenters. The summed E-state index contributed by atoms with van der Waals surface area (Å²) in [6.07, 6.45) is 9.69. The maximum atomic E-state index is 13.4. The molecule has 0 radical (unpaired) electrons. The maximum absolute atomic E-state index is 13.4. The summed E-state index contributed by atoms with van der Waals surface area (Å²) < 4.78 is 1.63. The van der Waals surface area contributed by atoms with Crippen molar-refractivity contribution in [1.82, 2.24) is 19.5 Å². The van der Waals surface area contributed by atoms with Crippen LogP contribution in [0, 0.1) is 5.92 Å². The molecule has 1 amide bonds. The molecule has 3 heterocycles. The molecule has 1 saturated heterocycles. The number of likely N-dealkylation sites (tertiary alicyclic amines) is 1. The Balaban J connectivity index is 1.50. The first kappa shape index (κ1) is 17.4. The minimum atomic E-state index is -0.873. The van der Waals surface area contributed by atoms with Gasteiger partial charge in [-0.25, -0.2) is 9.50 Å². The molecule has 0 spiro atoms. The molecule has 5 rings (SSSR count). The molecular weight excluding hydrogens is 352 g/mol. The number of carbonyl (C=O) groups excluding carboxylic acids is 1. The van der Waals surface area contributed by atoms with Gasteiger partial charge in [0.05, 0.1) is 11.8 Å². The fraction of sp³-hybridized carbons (Fsp3) is 0.409. The lowest BCUT2D eigenvalue weighted by atomic mass is 9.66. The Morgan fingerprint density at radius 2 is 1.96 bits per heavy atom. The summed E-state index contributed by atoms with van der Waals surface area (Å²) in [5.74, 6) is 0.0249. The maximum Gasteiger partial charge on any atom is 0.259 e. The number of hydrogen-bond donors (Lipinski definition) is 1. The molecule has 1 saturated carbocycles. The number of fused-ring (bicyclic) bond motifs is 2. The monoisotopic (exact) mass is 376 g/mol. The molecule has 6 nitrogen and oxygen atoms in total. The Hall–Kier alpha value is -2.73. The minimum absolute atomic E-state index is 0.0271. The van der Waals surface area contributed by atoms with E-state index >= 15 is 0 Å². The van der Waals surface area contributed by atoms with E-state index in [1.54, 1.807) is 29.2 Å². The molecule has 1 N–H and O–H groups in total. The number of carbonyl (C=O) groups is 1. The number of hydrogen-bond acceptors (Lipinski definition) is 4. The third kappa shape index (κ3) is 2.63. The highest BCUT2D eigenvalue weighted by atomic mass is 16.3. The zero-order chi connectivity index (χ0) is 19.1. The van der Waals surface area contributed by atoms with Crippen molar-refractivity contribution in [2.24, 2.45) is 5.92 Å². The summed E-state index contributed by atoms with van der Waals surface area (Å²) >= 11 is 0. The number of piperidine rings is 1. The summed E-state index contributed by atoms with van der Waals surface area (Å²) in [5, 5.41) is 15.9. The van der Waals surface area contributed by atoms with Crippen molar-refractivity contribution in [3.8, 4) is 0 Å². The van der Waals surface area contributed by atoms with E-state index in [0.29, 0.717) is 24.2 Å². The Kier molecular flexibility index (Phi) is 4.16. The molecule has 0 bridgehead atoms. The lowest BCUT2D eigenvalue weighted by molar-refractivity contribution is -0.110. The lowest BCUT2D eigenvalue weighted by Crippen LogP contribution is -2.59. The SMILES string of the molecule is O=C(c1cnn2cccnc12)N1CC[C@](O)(c2ccccc2)[C@H]2CCCC[C@H]21. The van der Waals surface area contributed by atoms with E-state index in [0.717, 1.165) is 31.2 Å². The fourth-order valence-electron chi connectivity index (χ4n) is 5.15. The first-order chi connectivity index (χ1) is 13.7. The van der Waals surface area contributed by atoms with Crippen LogP contribution >= 0.6 is 0 Å². The molecule has 6 heteroatoms. The van der Waals surface area contributed by atoms with E-state index in [2.05, 4.69) is 10.1 Å². The third-order valence-electron chi connectivity index (χ3n) is 6.52. The number of aromatic nitrogens is 3. The van der Waals surface area contributed by atoms with Crippen LogP contribution in [0.15, 0.2) is 55.0 Å². The lowest BCUT2D eigenvalue weighted by Gasteiger charge is -2.52. The van der Waals surface area contributed by atoms with Gasteiger partial charge in [-0.3, -0.25) is 4.79 Å². The smallest absolute Gasteiger partial charge is 0.259 e. The van der Waals surface area contributed by atoms with E-state index in [4.69, 9.17) is 0 Å². The van der Waals surface area contributed by atoms with E-state index in [9.17, 15) is 9.90 Å². The van der Waals surface area contributed by atoms with Gasteiger partial charge in [-0.2, -0.15) is 5.10 Å². The highest BCUT2D eigenvalue weighted by molar-refractivity contribution is 5.99. The first-order valence-corrected chi connectivity index (χ1v) is 10.1. The number of aliphatic hydroxyl groups is 1. The van der Waals surface area contributed by atoms with Crippen LogP contribution in [-0.2, 0) is 5.60 Å². The molecule has 1 aromatic carbocycles. The van der Waals surface area contributed by atoms with E-state index in [1.807, 2.05) is 35.2 Å². The topological polar surface area (TPSA) is 70.7 Å². The zero-order valence-corrected chi connectivity index (χ0v) is 15.7. The van der Waals surface area contributed by atoms with Gasteiger partial charge in [0.2, 0.25) is 0 Å². The minimum Gasteiger partial charge on any atom is -0.385 e. The zero-order valence-electron chi connectivity index (χ0n) is 15.7. The molecule has 2 aliphatic rings. The van der Waals surface area contributed by atoms with Gasteiger partial charge in [0.25, 0.3) is 5.91 Å². The molecule has 3 aromatic rings. The number of benzene rings is 1. The van der Waals surface area contributed by atoms with E-state index in [-0.39, 0.29) is 17.9 Å². The number of nitrogens with zero attached hydrogens (tertiary/aromatic N) is 4. The van der Waals surface area contributed by atoms with E-state index < -0.39 is 5.60 Å². The van der Waals surface area contributed by atoms with Gasteiger partial charge < -0.3 is 10.0 Å². The van der Waals surface area contributed by atoms with Crippen LogP contribution in [0.5, 0.6) is 0 Å². The Morgan fingerprint density at radius 3 is 2.82 bits per heavy atom. The molecule has 1 aliphatic carbocycles. The van der Waals surface area contributed by atoms with Crippen molar-refractivity contribution in [3.05, 3.63) is 66.1 Å². The summed E-state index contributed by atoms with van der Waals surface area (Å²) in [5.41, 5.74) is 1.22.